The van der Waals surface area contributed by atoms with Crippen molar-refractivity contribution in [1.29, 1.82) is 0 Å². The normalized spacial score (nSPS) is 11.9. The monoisotopic (exact) mass is 542 g/mol. The van der Waals surface area contributed by atoms with E-state index in [1.54, 1.807) is 30.2 Å². The molecule has 1 atom stereocenters. The van der Waals surface area contributed by atoms with Crippen LogP contribution < -0.4 is 14.8 Å². The highest BCUT2D eigenvalue weighted by Gasteiger charge is 2.32. The first kappa shape index (κ1) is 28.4. The van der Waals surface area contributed by atoms with E-state index in [9.17, 15) is 9.59 Å². The van der Waals surface area contributed by atoms with Crippen LogP contribution in [-0.2, 0) is 22.6 Å². The molecule has 3 aromatic rings. The molecule has 0 unspecified atom stereocenters. The second-order valence-corrected chi connectivity index (χ2v) is 10.5. The Morgan fingerprint density at radius 2 is 1.65 bits per heavy atom. The molecule has 0 saturated carbocycles. The van der Waals surface area contributed by atoms with Gasteiger partial charge in [-0.1, -0.05) is 65.7 Å². The highest BCUT2D eigenvalue weighted by Crippen LogP contribution is 2.28. The number of carbonyl (C=O) groups excluding carboxylic acids is 2. The molecule has 0 aliphatic carbocycles. The quantitative estimate of drug-likeness (QED) is 0.344. The molecule has 0 heterocycles. The Hall–Kier alpha value is -3.22. The molecule has 0 aliphatic heterocycles. The summed E-state index contributed by atoms with van der Waals surface area (Å²) in [6, 6.07) is 21.0. The van der Waals surface area contributed by atoms with Gasteiger partial charge in [0.15, 0.2) is 6.61 Å². The predicted octanol–water partition coefficient (Wildman–Crippen LogP) is 5.94. The lowest BCUT2D eigenvalue weighted by molar-refractivity contribution is -0.143. The topological polar surface area (TPSA) is 67.9 Å². The van der Waals surface area contributed by atoms with Crippen LogP contribution in [0.25, 0.3) is 0 Å². The fraction of sp³-hybridized carbons (Fsp3) is 0.310. The Morgan fingerprint density at radius 3 is 2.30 bits per heavy atom. The summed E-state index contributed by atoms with van der Waals surface area (Å²) in [5, 5.41) is 3.80. The molecular formula is C29H32Cl2N2O4. The molecule has 0 aromatic heterocycles. The van der Waals surface area contributed by atoms with Crippen LogP contribution in [0.15, 0.2) is 72.8 Å². The van der Waals surface area contributed by atoms with Gasteiger partial charge in [0.1, 0.15) is 17.5 Å². The predicted molar refractivity (Wildman–Crippen MR) is 147 cm³/mol. The van der Waals surface area contributed by atoms with E-state index >= 15 is 0 Å². The number of hydrogen-bond acceptors (Lipinski definition) is 4. The van der Waals surface area contributed by atoms with E-state index in [0.717, 1.165) is 11.1 Å². The number of hydrogen-bond donors (Lipinski definition) is 1. The molecule has 1 N–H and O–H groups in total. The van der Waals surface area contributed by atoms with Gasteiger partial charge < -0.3 is 19.7 Å². The van der Waals surface area contributed by atoms with Crippen molar-refractivity contribution in [3.8, 4) is 11.5 Å². The summed E-state index contributed by atoms with van der Waals surface area (Å²) in [6.45, 7) is 5.60. The summed E-state index contributed by atoms with van der Waals surface area (Å²) in [6.07, 6.45) is 0.333. The maximum absolute atomic E-state index is 13.7. The van der Waals surface area contributed by atoms with Crippen molar-refractivity contribution >= 4 is 35.0 Å². The van der Waals surface area contributed by atoms with Gasteiger partial charge in [-0.05, 0) is 62.2 Å². The Kier molecular flexibility index (Phi) is 9.84. The molecule has 0 radical (unpaired) electrons. The van der Waals surface area contributed by atoms with Crippen molar-refractivity contribution in [2.24, 2.45) is 0 Å². The van der Waals surface area contributed by atoms with Crippen LogP contribution in [0, 0.1) is 0 Å². The Labute approximate surface area is 228 Å². The van der Waals surface area contributed by atoms with E-state index in [2.05, 4.69) is 5.32 Å². The van der Waals surface area contributed by atoms with Gasteiger partial charge in [0.05, 0.1) is 12.1 Å². The lowest BCUT2D eigenvalue weighted by Gasteiger charge is -2.33. The first-order valence-electron chi connectivity index (χ1n) is 11.9. The summed E-state index contributed by atoms with van der Waals surface area (Å²) in [7, 11) is 1.58. The Balaban J connectivity index is 1.95. The minimum atomic E-state index is -0.787. The maximum Gasteiger partial charge on any atom is 0.261 e. The van der Waals surface area contributed by atoms with E-state index < -0.39 is 11.6 Å². The zero-order valence-corrected chi connectivity index (χ0v) is 23.0. The first-order chi connectivity index (χ1) is 17.6. The second-order valence-electron chi connectivity index (χ2n) is 9.68. The molecule has 0 spiro atoms. The number of carbonyl (C=O) groups is 2. The van der Waals surface area contributed by atoms with Crippen molar-refractivity contribution < 1.29 is 19.1 Å². The van der Waals surface area contributed by atoms with Gasteiger partial charge in [0.2, 0.25) is 5.91 Å². The van der Waals surface area contributed by atoms with Crippen molar-refractivity contribution in [1.82, 2.24) is 10.2 Å². The number of benzene rings is 3. The van der Waals surface area contributed by atoms with Crippen molar-refractivity contribution in [3.05, 3.63) is 94.0 Å². The fourth-order valence-electron chi connectivity index (χ4n) is 3.79. The number of nitrogens with zero attached hydrogens (tertiary/aromatic N) is 1. The molecular weight excluding hydrogens is 511 g/mol. The van der Waals surface area contributed by atoms with E-state index in [1.165, 1.54) is 0 Å². The standard InChI is InChI=1S/C29H32Cl2N2O4/c1-29(2,3)32-28(35)25(16-20-9-6-5-7-10-20)33(18-21-11-8-12-23(15-21)36-4)27(34)19-37-26-14-13-22(30)17-24(26)31/h5-15,17,25H,16,18-19H2,1-4H3,(H,32,35)/t25-/m1/s1. The average molecular weight is 543 g/mol. The van der Waals surface area contributed by atoms with Crippen LogP contribution in [0.1, 0.15) is 31.9 Å². The number of ether oxygens (including phenoxy) is 2. The van der Waals surface area contributed by atoms with Crippen molar-refractivity contribution in [2.75, 3.05) is 13.7 Å². The van der Waals surface area contributed by atoms with E-state index in [1.807, 2.05) is 75.4 Å². The van der Waals surface area contributed by atoms with Crippen molar-refractivity contribution in [3.63, 3.8) is 0 Å². The van der Waals surface area contributed by atoms with Crippen LogP contribution in [0.3, 0.4) is 0 Å². The van der Waals surface area contributed by atoms with Crippen LogP contribution in [0.5, 0.6) is 11.5 Å². The largest absolute Gasteiger partial charge is 0.497 e. The molecule has 0 aliphatic rings. The van der Waals surface area contributed by atoms with Gasteiger partial charge in [-0.3, -0.25) is 9.59 Å². The van der Waals surface area contributed by atoms with Gasteiger partial charge >= 0.3 is 0 Å². The molecule has 196 valence electrons. The van der Waals surface area contributed by atoms with Crippen LogP contribution in [0.2, 0.25) is 10.0 Å². The Bertz CT molecular complexity index is 1210. The summed E-state index contributed by atoms with van der Waals surface area (Å²) in [4.78, 5) is 28.8. The number of nitrogens with one attached hydrogen (secondary N) is 1. The number of methoxy groups -OCH3 is 1. The average Bonchev–Trinajstić information content (AvgIpc) is 2.85. The van der Waals surface area contributed by atoms with Crippen LogP contribution in [-0.4, -0.2) is 42.0 Å². The molecule has 3 rings (SSSR count). The minimum absolute atomic E-state index is 0.183. The van der Waals surface area contributed by atoms with Gasteiger partial charge in [0.25, 0.3) is 5.91 Å². The molecule has 0 fully saturated rings. The van der Waals surface area contributed by atoms with Crippen LogP contribution in [0.4, 0.5) is 0 Å². The van der Waals surface area contributed by atoms with Crippen LogP contribution >= 0.6 is 23.2 Å². The maximum atomic E-state index is 13.7. The van der Waals surface area contributed by atoms with Gasteiger partial charge in [-0.25, -0.2) is 0 Å². The smallest absolute Gasteiger partial charge is 0.261 e. The zero-order valence-electron chi connectivity index (χ0n) is 21.5. The first-order valence-corrected chi connectivity index (χ1v) is 12.7. The number of halogens is 2. The number of rotatable bonds is 10. The third-order valence-corrected chi connectivity index (χ3v) is 6.03. The SMILES string of the molecule is COc1cccc(CN(C(=O)COc2ccc(Cl)cc2Cl)[C@H](Cc2ccccc2)C(=O)NC(C)(C)C)c1. The molecule has 2 amide bonds. The molecule has 6 nitrogen and oxygen atoms in total. The lowest BCUT2D eigenvalue weighted by atomic mass is 10.0. The summed E-state index contributed by atoms with van der Waals surface area (Å²) in [5.41, 5.74) is 1.27. The zero-order chi connectivity index (χ0) is 27.0. The summed E-state index contributed by atoms with van der Waals surface area (Å²) >= 11 is 12.2. The highest BCUT2D eigenvalue weighted by atomic mass is 35.5. The second kappa shape index (κ2) is 12.8. The Morgan fingerprint density at radius 1 is 0.946 bits per heavy atom. The fourth-order valence-corrected chi connectivity index (χ4v) is 4.25. The summed E-state index contributed by atoms with van der Waals surface area (Å²) < 4.78 is 11.1. The van der Waals surface area contributed by atoms with Gasteiger partial charge in [-0.2, -0.15) is 0 Å². The van der Waals surface area contributed by atoms with Gasteiger partial charge in [0, 0.05) is 23.5 Å². The third kappa shape index (κ3) is 8.69. The molecule has 3 aromatic carbocycles. The third-order valence-electron chi connectivity index (χ3n) is 5.50. The molecule has 37 heavy (non-hydrogen) atoms. The molecule has 8 heteroatoms. The highest BCUT2D eigenvalue weighted by molar-refractivity contribution is 6.35. The van der Waals surface area contributed by atoms with Gasteiger partial charge in [-0.15, -0.1) is 0 Å². The molecule has 0 bridgehead atoms. The van der Waals surface area contributed by atoms with Crippen molar-refractivity contribution in [2.45, 2.75) is 45.3 Å². The lowest BCUT2D eigenvalue weighted by Crippen LogP contribution is -2.55. The number of amides is 2. The molecule has 0 saturated heterocycles. The van der Waals surface area contributed by atoms with E-state index in [-0.39, 0.29) is 25.0 Å². The minimum Gasteiger partial charge on any atom is -0.497 e. The van der Waals surface area contributed by atoms with E-state index in [0.29, 0.717) is 28.0 Å². The summed E-state index contributed by atoms with van der Waals surface area (Å²) in [5.74, 6) is 0.378. The van der Waals surface area contributed by atoms with E-state index in [4.69, 9.17) is 32.7 Å².